The molecule has 0 aromatic carbocycles. The van der Waals surface area contributed by atoms with E-state index in [1.165, 1.54) is 11.3 Å². The topological polar surface area (TPSA) is 52.5 Å². The molecule has 2 aromatic rings. The lowest BCUT2D eigenvalue weighted by atomic mass is 10.2. The molecule has 3 rings (SSSR count). The molecule has 3 nitrogen and oxygen atoms in total. The van der Waals surface area contributed by atoms with Crippen molar-refractivity contribution in [2.75, 3.05) is 0 Å². The summed E-state index contributed by atoms with van der Waals surface area (Å²) in [6.45, 7) is 0. The van der Waals surface area contributed by atoms with E-state index in [-0.39, 0.29) is 0 Å². The van der Waals surface area contributed by atoms with Gasteiger partial charge in [0.25, 0.3) is 0 Å². The Hall–Kier alpha value is -1.02. The maximum absolute atomic E-state index is 7.58. The van der Waals surface area contributed by atoms with Crippen molar-refractivity contribution < 1.29 is 0 Å². The van der Waals surface area contributed by atoms with E-state index >= 15 is 0 Å². The van der Waals surface area contributed by atoms with E-state index in [1.807, 2.05) is 18.2 Å². The van der Waals surface area contributed by atoms with Crippen LogP contribution in [0.3, 0.4) is 0 Å². The largest absolute Gasteiger partial charge is 0.332 e. The molecule has 0 bridgehead atoms. The Morgan fingerprint density at radius 1 is 1.39 bits per heavy atom. The zero-order chi connectivity index (χ0) is 12.7. The SMILES string of the molecule is N=C1C=Cc2n/c(=C\c3sc(=S)[nH]c3S)sc2=C1. The van der Waals surface area contributed by atoms with Gasteiger partial charge in [-0.3, -0.25) is 0 Å². The van der Waals surface area contributed by atoms with Crippen molar-refractivity contribution in [2.45, 2.75) is 5.03 Å². The fourth-order valence-corrected chi connectivity index (χ4v) is 4.08. The lowest BCUT2D eigenvalue weighted by molar-refractivity contribution is 1.19. The Morgan fingerprint density at radius 3 is 2.94 bits per heavy atom. The predicted octanol–water partition coefficient (Wildman–Crippen LogP) is 2.21. The van der Waals surface area contributed by atoms with Crippen LogP contribution in [0.15, 0.2) is 11.1 Å². The van der Waals surface area contributed by atoms with Gasteiger partial charge < -0.3 is 10.4 Å². The number of thiol groups is 1. The lowest BCUT2D eigenvalue weighted by Crippen LogP contribution is -2.05. The highest BCUT2D eigenvalue weighted by molar-refractivity contribution is 7.80. The number of nitrogens with zero attached hydrogens (tertiary/aromatic N) is 1. The van der Waals surface area contributed by atoms with Gasteiger partial charge in [-0.05, 0) is 36.5 Å². The monoisotopic (exact) mass is 309 g/mol. The number of thiazole rings is 2. The van der Waals surface area contributed by atoms with Crippen molar-refractivity contribution >= 4 is 71.5 Å². The number of allylic oxidation sites excluding steroid dienone is 1. The molecule has 0 radical (unpaired) electrons. The summed E-state index contributed by atoms with van der Waals surface area (Å²) in [7, 11) is 0. The predicted molar refractivity (Wildman–Crippen MR) is 82.9 cm³/mol. The fraction of sp³-hybridized carbons (Fsp3) is 0. The van der Waals surface area contributed by atoms with E-state index in [0.717, 1.165) is 24.8 Å². The number of aromatic amines is 1. The van der Waals surface area contributed by atoms with Crippen LogP contribution in [0.5, 0.6) is 0 Å². The quantitative estimate of drug-likeness (QED) is 0.559. The number of hydrogen-bond acceptors (Lipinski definition) is 6. The van der Waals surface area contributed by atoms with Crippen LogP contribution in [0.25, 0.3) is 18.2 Å². The molecular weight excluding hydrogens is 302 g/mol. The zero-order valence-electron chi connectivity index (χ0n) is 8.93. The van der Waals surface area contributed by atoms with Crippen LogP contribution >= 0.6 is 47.5 Å². The zero-order valence-corrected chi connectivity index (χ0v) is 12.3. The molecule has 1 aliphatic rings. The van der Waals surface area contributed by atoms with Crippen LogP contribution in [0.2, 0.25) is 0 Å². The lowest BCUT2D eigenvalue weighted by Gasteiger charge is -1.92. The van der Waals surface area contributed by atoms with Gasteiger partial charge >= 0.3 is 0 Å². The van der Waals surface area contributed by atoms with E-state index in [0.29, 0.717) is 9.67 Å². The second-order valence-corrected chi connectivity index (χ2v) is 6.83. The third-order valence-electron chi connectivity index (χ3n) is 2.32. The summed E-state index contributed by atoms with van der Waals surface area (Å²) in [5.41, 5.74) is 1.42. The fourth-order valence-electron chi connectivity index (χ4n) is 1.55. The average Bonchev–Trinajstić information content (AvgIpc) is 2.82. The van der Waals surface area contributed by atoms with Crippen molar-refractivity contribution in [3.8, 4) is 0 Å². The highest BCUT2D eigenvalue weighted by Gasteiger charge is 2.05. The Labute approximate surface area is 121 Å². The van der Waals surface area contributed by atoms with Gasteiger partial charge in [0.1, 0.15) is 4.66 Å². The summed E-state index contributed by atoms with van der Waals surface area (Å²) >= 11 is 12.4. The highest BCUT2D eigenvalue weighted by Crippen LogP contribution is 2.19. The van der Waals surface area contributed by atoms with Crippen molar-refractivity contribution in [1.82, 2.24) is 9.97 Å². The second-order valence-electron chi connectivity index (χ2n) is 3.61. The Morgan fingerprint density at radius 2 is 2.22 bits per heavy atom. The molecule has 0 unspecified atom stereocenters. The third kappa shape index (κ3) is 2.26. The van der Waals surface area contributed by atoms with Crippen molar-refractivity contribution in [2.24, 2.45) is 0 Å². The van der Waals surface area contributed by atoms with Gasteiger partial charge in [0.15, 0.2) is 3.95 Å². The summed E-state index contributed by atoms with van der Waals surface area (Å²) in [6, 6.07) is 0. The standard InChI is InChI=1S/C11H7N3S4/c12-5-1-2-6-7(3-5)17-9(13-6)4-8-10(15)14-11(16)18-8/h1-4,12,15H,(H,14,16)/b9-4+,12-5?. The number of fused-ring (bicyclic) bond motifs is 1. The van der Waals surface area contributed by atoms with Crippen LogP contribution in [-0.2, 0) is 0 Å². The molecule has 0 saturated carbocycles. The number of aromatic nitrogens is 2. The summed E-state index contributed by atoms with van der Waals surface area (Å²) in [5.74, 6) is 0. The van der Waals surface area contributed by atoms with Crippen molar-refractivity contribution in [1.29, 1.82) is 5.41 Å². The molecule has 2 N–H and O–H groups in total. The molecule has 0 saturated heterocycles. The molecule has 1 aliphatic carbocycles. The molecule has 0 fully saturated rings. The third-order valence-corrected chi connectivity index (χ3v) is 4.97. The first-order valence-electron chi connectivity index (χ1n) is 5.01. The van der Waals surface area contributed by atoms with Gasteiger partial charge in [0.05, 0.1) is 25.8 Å². The summed E-state index contributed by atoms with van der Waals surface area (Å²) in [5, 5.41) is 8.35. The first-order chi connectivity index (χ1) is 8.61. The molecule has 2 heterocycles. The maximum Gasteiger partial charge on any atom is 0.159 e. The number of H-pyrrole nitrogens is 1. The summed E-state index contributed by atoms with van der Waals surface area (Å²) in [6.07, 6.45) is 7.40. The minimum atomic E-state index is 0.505. The number of rotatable bonds is 1. The van der Waals surface area contributed by atoms with Crippen molar-refractivity contribution in [3.63, 3.8) is 0 Å². The minimum Gasteiger partial charge on any atom is -0.332 e. The van der Waals surface area contributed by atoms with Gasteiger partial charge in [0.2, 0.25) is 0 Å². The second kappa shape index (κ2) is 4.58. The van der Waals surface area contributed by atoms with Gasteiger partial charge in [-0.1, -0.05) is 0 Å². The van der Waals surface area contributed by atoms with E-state index < -0.39 is 0 Å². The molecule has 0 amide bonds. The number of nitrogens with one attached hydrogen (secondary N) is 2. The summed E-state index contributed by atoms with van der Waals surface area (Å²) in [4.78, 5) is 8.47. The van der Waals surface area contributed by atoms with Crippen LogP contribution < -0.4 is 9.20 Å². The molecular formula is C11H7N3S4. The van der Waals surface area contributed by atoms with Crippen LogP contribution in [0.1, 0.15) is 10.6 Å². The highest BCUT2D eigenvalue weighted by atomic mass is 32.1. The van der Waals surface area contributed by atoms with Crippen molar-refractivity contribution in [3.05, 3.63) is 29.8 Å². The molecule has 90 valence electrons. The average molecular weight is 309 g/mol. The van der Waals surface area contributed by atoms with E-state index in [2.05, 4.69) is 22.6 Å². The van der Waals surface area contributed by atoms with E-state index in [9.17, 15) is 0 Å². The molecule has 0 spiro atoms. The normalized spacial score (nSPS) is 14.7. The Bertz CT molecular complexity index is 835. The molecule has 0 atom stereocenters. The Kier molecular flexibility index (Phi) is 3.06. The van der Waals surface area contributed by atoms with Gasteiger partial charge in [-0.15, -0.1) is 35.3 Å². The summed E-state index contributed by atoms with van der Waals surface area (Å²) < 4.78 is 2.63. The maximum atomic E-state index is 7.58. The van der Waals surface area contributed by atoms with Gasteiger partial charge in [-0.2, -0.15) is 0 Å². The van der Waals surface area contributed by atoms with Crippen LogP contribution in [0, 0.1) is 9.36 Å². The first-order valence-corrected chi connectivity index (χ1v) is 7.50. The van der Waals surface area contributed by atoms with Crippen LogP contribution in [-0.4, -0.2) is 15.7 Å². The molecule has 2 aromatic heterocycles. The van der Waals surface area contributed by atoms with Crippen LogP contribution in [0.4, 0.5) is 0 Å². The smallest absolute Gasteiger partial charge is 0.159 e. The van der Waals surface area contributed by atoms with E-state index in [4.69, 9.17) is 17.6 Å². The first kappa shape index (κ1) is 12.0. The number of hydrogen-bond donors (Lipinski definition) is 3. The van der Waals surface area contributed by atoms with Gasteiger partial charge in [-0.25, -0.2) is 4.98 Å². The Balaban J connectivity index is 2.18. The molecule has 0 aliphatic heterocycles. The molecule has 7 heteroatoms. The minimum absolute atomic E-state index is 0.505. The molecule has 18 heavy (non-hydrogen) atoms. The van der Waals surface area contributed by atoms with Gasteiger partial charge in [0, 0.05) is 0 Å². The van der Waals surface area contributed by atoms with E-state index in [1.54, 1.807) is 17.4 Å².